The lowest BCUT2D eigenvalue weighted by Crippen LogP contribution is -2.42. The van der Waals surface area contributed by atoms with E-state index in [9.17, 15) is 18.8 Å². The van der Waals surface area contributed by atoms with Crippen LogP contribution < -0.4 is 5.43 Å². The Morgan fingerprint density at radius 3 is 2.49 bits per heavy atom. The minimum absolute atomic E-state index is 0.0293. The van der Waals surface area contributed by atoms with Gasteiger partial charge in [-0.15, -0.1) is 17.9 Å². The van der Waals surface area contributed by atoms with Gasteiger partial charge in [0.15, 0.2) is 5.43 Å². The Hall–Kier alpha value is -4.04. The van der Waals surface area contributed by atoms with Crippen molar-refractivity contribution in [2.24, 2.45) is 0 Å². The van der Waals surface area contributed by atoms with Crippen LogP contribution in [0, 0.1) is 5.82 Å². The summed E-state index contributed by atoms with van der Waals surface area (Å²) in [6, 6.07) is 16.1. The van der Waals surface area contributed by atoms with E-state index in [1.54, 1.807) is 60.0 Å². The van der Waals surface area contributed by atoms with Gasteiger partial charge >= 0.3 is 0 Å². The molecule has 4 aromatic rings. The number of benzene rings is 2. The highest BCUT2D eigenvalue weighted by Gasteiger charge is 2.23. The topological polar surface area (TPSA) is 70.8 Å². The number of halogens is 1. The van der Waals surface area contributed by atoms with Crippen molar-refractivity contribution in [3.8, 4) is 0 Å². The van der Waals surface area contributed by atoms with E-state index in [0.717, 1.165) is 0 Å². The molecule has 2 amide bonds. The molecule has 0 fully saturated rings. The van der Waals surface area contributed by atoms with Crippen molar-refractivity contribution < 1.29 is 18.4 Å². The molecule has 0 radical (unpaired) electrons. The number of hydrogen-bond donors (Lipinski definition) is 0. The average molecular weight is 491 g/mol. The Morgan fingerprint density at radius 1 is 1.00 bits per heavy atom. The predicted molar refractivity (Wildman–Crippen MR) is 134 cm³/mol. The zero-order chi connectivity index (χ0) is 24.8. The number of amides is 2. The third kappa shape index (κ3) is 5.73. The first-order valence-corrected chi connectivity index (χ1v) is 11.8. The zero-order valence-corrected chi connectivity index (χ0v) is 19.7. The number of nitrogens with zero attached hydrogens (tertiary/aromatic N) is 2. The lowest BCUT2D eigenvalue weighted by molar-refractivity contribution is -0.133. The minimum atomic E-state index is -0.388. The summed E-state index contributed by atoms with van der Waals surface area (Å²) in [4.78, 5) is 42.8. The van der Waals surface area contributed by atoms with E-state index in [1.165, 1.54) is 39.5 Å². The van der Waals surface area contributed by atoms with Gasteiger partial charge in [-0.2, -0.15) is 0 Å². The summed E-state index contributed by atoms with van der Waals surface area (Å²) in [5.74, 6) is -1.03. The van der Waals surface area contributed by atoms with Crippen molar-refractivity contribution in [3.63, 3.8) is 0 Å². The van der Waals surface area contributed by atoms with Crippen LogP contribution in [0.15, 0.2) is 94.2 Å². The highest BCUT2D eigenvalue weighted by molar-refractivity contribution is 7.12. The highest BCUT2D eigenvalue weighted by atomic mass is 32.1. The maximum Gasteiger partial charge on any atom is 0.264 e. The van der Waals surface area contributed by atoms with Crippen molar-refractivity contribution >= 4 is 34.1 Å². The standard InChI is InChI=1S/C27H23FN2O4S/c1-2-13-29(27(33)24-8-5-14-35-24)17-25(31)30(15-19-9-11-21(28)12-10-19)16-20-18-34-23-7-4-3-6-22(23)26(20)32/h2-12,14,18H,1,13,15-17H2. The van der Waals surface area contributed by atoms with Gasteiger partial charge in [0.2, 0.25) is 5.91 Å². The second kappa shape index (κ2) is 10.9. The molecular weight excluding hydrogens is 467 g/mol. The third-order valence-corrected chi connectivity index (χ3v) is 6.30. The van der Waals surface area contributed by atoms with Gasteiger partial charge < -0.3 is 14.2 Å². The van der Waals surface area contributed by atoms with Crippen LogP contribution in [0.1, 0.15) is 20.8 Å². The first kappa shape index (κ1) is 24.1. The van der Waals surface area contributed by atoms with E-state index in [1.807, 2.05) is 0 Å². The number of rotatable bonds is 9. The van der Waals surface area contributed by atoms with Crippen molar-refractivity contribution in [3.05, 3.63) is 117 Å². The molecule has 0 aliphatic rings. The van der Waals surface area contributed by atoms with Crippen LogP contribution in [0.25, 0.3) is 11.0 Å². The molecule has 2 heterocycles. The lowest BCUT2D eigenvalue weighted by atomic mass is 10.1. The summed E-state index contributed by atoms with van der Waals surface area (Å²) in [7, 11) is 0. The van der Waals surface area contributed by atoms with Crippen LogP contribution in [0.2, 0.25) is 0 Å². The number of fused-ring (bicyclic) bond motifs is 1. The van der Waals surface area contributed by atoms with E-state index in [-0.39, 0.29) is 49.2 Å². The molecule has 2 aromatic heterocycles. The van der Waals surface area contributed by atoms with Gasteiger partial charge in [-0.05, 0) is 41.3 Å². The molecule has 0 unspecified atom stereocenters. The fourth-order valence-electron chi connectivity index (χ4n) is 3.67. The van der Waals surface area contributed by atoms with Crippen LogP contribution in [0.4, 0.5) is 4.39 Å². The number of carbonyl (C=O) groups excluding carboxylic acids is 2. The van der Waals surface area contributed by atoms with E-state index in [0.29, 0.717) is 27.0 Å². The SMILES string of the molecule is C=CCN(CC(=O)N(Cc1ccc(F)cc1)Cc1coc2ccccc2c1=O)C(=O)c1cccs1. The summed E-state index contributed by atoms with van der Waals surface area (Å²) >= 11 is 1.29. The zero-order valence-electron chi connectivity index (χ0n) is 18.9. The van der Waals surface area contributed by atoms with E-state index in [4.69, 9.17) is 4.42 Å². The Labute approximate surface area is 205 Å². The quantitative estimate of drug-likeness (QED) is 0.315. The monoisotopic (exact) mass is 490 g/mol. The minimum Gasteiger partial charge on any atom is -0.464 e. The molecular formula is C27H23FN2O4S. The first-order valence-electron chi connectivity index (χ1n) is 10.9. The van der Waals surface area contributed by atoms with Crippen molar-refractivity contribution in [1.29, 1.82) is 0 Å². The molecule has 0 N–H and O–H groups in total. The second-order valence-corrected chi connectivity index (χ2v) is 8.86. The molecule has 0 aliphatic heterocycles. The lowest BCUT2D eigenvalue weighted by Gasteiger charge is -2.27. The summed E-state index contributed by atoms with van der Waals surface area (Å²) < 4.78 is 19.0. The number of carbonyl (C=O) groups is 2. The van der Waals surface area contributed by atoms with Crippen LogP contribution in [-0.4, -0.2) is 34.7 Å². The average Bonchev–Trinajstić information content (AvgIpc) is 3.41. The number of para-hydroxylation sites is 1. The Balaban J connectivity index is 1.63. The van der Waals surface area contributed by atoms with E-state index < -0.39 is 0 Å². The fraction of sp³-hybridized carbons (Fsp3) is 0.148. The van der Waals surface area contributed by atoms with Crippen LogP contribution in [-0.2, 0) is 17.9 Å². The number of hydrogen-bond acceptors (Lipinski definition) is 5. The number of thiophene rings is 1. The van der Waals surface area contributed by atoms with Crippen LogP contribution in [0.5, 0.6) is 0 Å². The summed E-state index contributed by atoms with van der Waals surface area (Å²) in [5, 5.41) is 2.21. The molecule has 35 heavy (non-hydrogen) atoms. The summed E-state index contributed by atoms with van der Waals surface area (Å²) in [6.07, 6.45) is 2.91. The summed E-state index contributed by atoms with van der Waals surface area (Å²) in [6.45, 7) is 3.77. The molecule has 0 atom stereocenters. The molecule has 178 valence electrons. The molecule has 8 heteroatoms. The molecule has 2 aromatic carbocycles. The highest BCUT2D eigenvalue weighted by Crippen LogP contribution is 2.16. The largest absolute Gasteiger partial charge is 0.464 e. The smallest absolute Gasteiger partial charge is 0.264 e. The van der Waals surface area contributed by atoms with E-state index in [2.05, 4.69) is 6.58 Å². The van der Waals surface area contributed by atoms with Gasteiger partial charge in [0, 0.05) is 13.1 Å². The molecule has 0 saturated heterocycles. The molecule has 0 aliphatic carbocycles. The van der Waals surface area contributed by atoms with Crippen LogP contribution >= 0.6 is 11.3 Å². The third-order valence-electron chi connectivity index (χ3n) is 5.45. The van der Waals surface area contributed by atoms with Gasteiger partial charge in [-0.3, -0.25) is 14.4 Å². The fourth-order valence-corrected chi connectivity index (χ4v) is 4.36. The Morgan fingerprint density at radius 2 is 1.77 bits per heavy atom. The normalized spacial score (nSPS) is 10.8. The maximum absolute atomic E-state index is 13.4. The van der Waals surface area contributed by atoms with Crippen LogP contribution in [0.3, 0.4) is 0 Å². The van der Waals surface area contributed by atoms with Gasteiger partial charge in [0.1, 0.15) is 17.9 Å². The summed E-state index contributed by atoms with van der Waals surface area (Å²) in [5.41, 5.74) is 1.21. The Kier molecular flexibility index (Phi) is 7.52. The maximum atomic E-state index is 13.4. The first-order chi connectivity index (χ1) is 17.0. The molecule has 4 rings (SSSR count). The molecule has 0 bridgehead atoms. The van der Waals surface area contributed by atoms with Gasteiger partial charge in [0.25, 0.3) is 5.91 Å². The Bertz CT molecular complexity index is 1400. The van der Waals surface area contributed by atoms with Gasteiger partial charge in [-0.1, -0.05) is 36.4 Å². The predicted octanol–water partition coefficient (Wildman–Crippen LogP) is 4.85. The molecule has 6 nitrogen and oxygen atoms in total. The van der Waals surface area contributed by atoms with Gasteiger partial charge in [0.05, 0.1) is 28.6 Å². The van der Waals surface area contributed by atoms with E-state index >= 15 is 0 Å². The van der Waals surface area contributed by atoms with Gasteiger partial charge in [-0.25, -0.2) is 4.39 Å². The second-order valence-electron chi connectivity index (χ2n) is 7.91. The van der Waals surface area contributed by atoms with Crippen molar-refractivity contribution in [2.45, 2.75) is 13.1 Å². The van der Waals surface area contributed by atoms with Crippen molar-refractivity contribution in [2.75, 3.05) is 13.1 Å². The molecule has 0 saturated carbocycles. The molecule has 0 spiro atoms. The van der Waals surface area contributed by atoms with Crippen molar-refractivity contribution in [1.82, 2.24) is 9.80 Å².